The third kappa shape index (κ3) is 24.7. The Morgan fingerprint density at radius 1 is 0.667 bits per heavy atom. The minimum atomic E-state index is -0.794. The van der Waals surface area contributed by atoms with Gasteiger partial charge in [-0.25, -0.2) is 0 Å². The lowest BCUT2D eigenvalue weighted by atomic mass is 10.1. The minimum absolute atomic E-state index is 0.0931. The molecule has 5 heteroatoms. The summed E-state index contributed by atoms with van der Waals surface area (Å²) in [4.78, 5) is 23.9. The van der Waals surface area contributed by atoms with Crippen molar-refractivity contribution in [3.8, 4) is 0 Å². The van der Waals surface area contributed by atoms with Gasteiger partial charge >= 0.3 is 11.9 Å². The van der Waals surface area contributed by atoms with E-state index in [4.69, 9.17) is 9.47 Å². The molecule has 0 spiro atoms. The topological polar surface area (TPSA) is 72.8 Å². The monoisotopic (exact) mass is 502 g/mol. The smallest absolute Gasteiger partial charge is 0.306 e. The van der Waals surface area contributed by atoms with Crippen molar-refractivity contribution in [2.45, 2.75) is 110 Å². The number of rotatable bonds is 23. The lowest BCUT2D eigenvalue weighted by molar-refractivity contribution is -0.161. The van der Waals surface area contributed by atoms with Crippen molar-refractivity contribution >= 4 is 11.9 Å². The quantitative estimate of drug-likeness (QED) is 0.0670. The third-order valence-corrected chi connectivity index (χ3v) is 5.37. The van der Waals surface area contributed by atoms with Gasteiger partial charge in [-0.2, -0.15) is 0 Å². The SMILES string of the molecule is CC/C=C/C=C/C=C/CCCCCCCC(=O)OCC(CO)OC(=O)CCCC/C=C/C/C=C/CC. The Kier molecular flexibility index (Phi) is 25.4. The molecule has 1 unspecified atom stereocenters. The van der Waals surface area contributed by atoms with E-state index in [0.717, 1.165) is 77.0 Å². The molecule has 0 fully saturated rings. The standard InChI is InChI=1S/C31H50O5/c1-3-5-7-9-11-13-14-15-16-18-19-21-23-25-30(33)35-28-29(27-32)36-31(34)26-24-22-20-17-12-10-8-6-4-2/h5-9,11-14,17,29,32H,3-4,10,15-16,18-28H2,1-2H3/b7-5+,8-6+,11-9+,14-13+,17-12+. The summed E-state index contributed by atoms with van der Waals surface area (Å²) in [5.74, 6) is -0.670. The van der Waals surface area contributed by atoms with Crippen LogP contribution in [0.2, 0.25) is 0 Å². The molecule has 0 amide bonds. The molecule has 1 N–H and O–H groups in total. The van der Waals surface area contributed by atoms with Gasteiger partial charge in [-0.15, -0.1) is 0 Å². The predicted octanol–water partition coefficient (Wildman–Crippen LogP) is 7.72. The van der Waals surface area contributed by atoms with Crippen molar-refractivity contribution < 1.29 is 24.2 Å². The van der Waals surface area contributed by atoms with Gasteiger partial charge in [0, 0.05) is 12.8 Å². The molecule has 204 valence electrons. The maximum atomic E-state index is 12.0. The summed E-state index contributed by atoms with van der Waals surface area (Å²) in [5, 5.41) is 9.42. The lowest BCUT2D eigenvalue weighted by Crippen LogP contribution is -2.28. The number of ether oxygens (including phenoxy) is 2. The summed E-state index contributed by atoms with van der Waals surface area (Å²) < 4.78 is 10.4. The molecular weight excluding hydrogens is 452 g/mol. The van der Waals surface area contributed by atoms with E-state index < -0.39 is 6.10 Å². The average molecular weight is 503 g/mol. The number of hydrogen-bond donors (Lipinski definition) is 1. The molecule has 1 atom stereocenters. The summed E-state index contributed by atoms with van der Waals surface area (Å²) in [5.41, 5.74) is 0. The van der Waals surface area contributed by atoms with Gasteiger partial charge in [0.05, 0.1) is 6.61 Å². The fourth-order valence-corrected chi connectivity index (χ4v) is 3.29. The first-order valence-electron chi connectivity index (χ1n) is 13.9. The van der Waals surface area contributed by atoms with Crippen LogP contribution < -0.4 is 0 Å². The zero-order valence-corrected chi connectivity index (χ0v) is 22.7. The molecule has 0 aromatic heterocycles. The molecule has 0 bridgehead atoms. The Morgan fingerprint density at radius 3 is 2.00 bits per heavy atom. The second-order valence-electron chi connectivity index (χ2n) is 8.77. The lowest BCUT2D eigenvalue weighted by Gasteiger charge is -2.15. The second-order valence-corrected chi connectivity index (χ2v) is 8.77. The summed E-state index contributed by atoms with van der Waals surface area (Å²) >= 11 is 0. The summed E-state index contributed by atoms with van der Waals surface area (Å²) in [6, 6.07) is 0. The first-order valence-corrected chi connectivity index (χ1v) is 13.9. The molecular formula is C31H50O5. The third-order valence-electron chi connectivity index (χ3n) is 5.37. The molecule has 0 saturated carbocycles. The van der Waals surface area contributed by atoms with Crippen LogP contribution in [0.5, 0.6) is 0 Å². The molecule has 0 aliphatic rings. The van der Waals surface area contributed by atoms with Crippen molar-refractivity contribution in [2.75, 3.05) is 13.2 Å². The van der Waals surface area contributed by atoms with Crippen LogP contribution in [0.4, 0.5) is 0 Å². The highest BCUT2D eigenvalue weighted by Crippen LogP contribution is 2.09. The summed E-state index contributed by atoms with van der Waals surface area (Å²) in [7, 11) is 0. The molecule has 0 rings (SSSR count). The highest BCUT2D eigenvalue weighted by atomic mass is 16.6. The highest BCUT2D eigenvalue weighted by molar-refractivity contribution is 5.70. The maximum absolute atomic E-state index is 12.0. The van der Waals surface area contributed by atoms with E-state index in [1.807, 2.05) is 12.2 Å². The van der Waals surface area contributed by atoms with E-state index in [0.29, 0.717) is 12.8 Å². The van der Waals surface area contributed by atoms with Gasteiger partial charge in [-0.1, -0.05) is 93.9 Å². The number of aliphatic hydroxyl groups is 1. The van der Waals surface area contributed by atoms with E-state index in [9.17, 15) is 14.7 Å². The van der Waals surface area contributed by atoms with Crippen molar-refractivity contribution in [1.82, 2.24) is 0 Å². The van der Waals surface area contributed by atoms with Crippen LogP contribution in [-0.2, 0) is 19.1 Å². The van der Waals surface area contributed by atoms with E-state index in [-0.39, 0.29) is 25.2 Å². The van der Waals surface area contributed by atoms with Crippen molar-refractivity contribution in [3.05, 3.63) is 60.8 Å². The van der Waals surface area contributed by atoms with Crippen LogP contribution in [0.25, 0.3) is 0 Å². The van der Waals surface area contributed by atoms with E-state index in [2.05, 4.69) is 62.5 Å². The maximum Gasteiger partial charge on any atom is 0.306 e. The molecule has 5 nitrogen and oxygen atoms in total. The first kappa shape index (κ1) is 33.6. The normalized spacial score (nSPS) is 13.1. The van der Waals surface area contributed by atoms with Gasteiger partial charge in [0.1, 0.15) is 6.61 Å². The molecule has 0 aliphatic carbocycles. The number of carbonyl (C=O) groups excluding carboxylic acids is 2. The fraction of sp³-hybridized carbons (Fsp3) is 0.613. The van der Waals surface area contributed by atoms with Crippen LogP contribution >= 0.6 is 0 Å². The van der Waals surface area contributed by atoms with Gasteiger partial charge < -0.3 is 14.6 Å². The Labute approximate surface area is 220 Å². The van der Waals surface area contributed by atoms with Crippen LogP contribution in [0.15, 0.2) is 60.8 Å². The Hall–Kier alpha value is -2.40. The predicted molar refractivity (Wildman–Crippen MR) is 150 cm³/mol. The van der Waals surface area contributed by atoms with Crippen LogP contribution in [0, 0.1) is 0 Å². The van der Waals surface area contributed by atoms with Gasteiger partial charge in [-0.05, 0) is 57.8 Å². The summed E-state index contributed by atoms with van der Waals surface area (Å²) in [6.07, 6.45) is 32.8. The number of unbranched alkanes of at least 4 members (excludes halogenated alkanes) is 7. The van der Waals surface area contributed by atoms with Crippen LogP contribution in [-0.4, -0.2) is 36.4 Å². The Balaban J connectivity index is 3.73. The number of esters is 2. The van der Waals surface area contributed by atoms with Gasteiger partial charge in [-0.3, -0.25) is 9.59 Å². The molecule has 36 heavy (non-hydrogen) atoms. The van der Waals surface area contributed by atoms with E-state index in [1.165, 1.54) is 0 Å². The average Bonchev–Trinajstić information content (AvgIpc) is 2.88. The number of aliphatic hydroxyl groups excluding tert-OH is 1. The number of hydrogen-bond acceptors (Lipinski definition) is 5. The minimum Gasteiger partial charge on any atom is -0.462 e. The second kappa shape index (κ2) is 27.2. The molecule has 0 aromatic rings. The molecule has 0 saturated heterocycles. The largest absolute Gasteiger partial charge is 0.462 e. The van der Waals surface area contributed by atoms with Crippen LogP contribution in [0.3, 0.4) is 0 Å². The molecule has 0 heterocycles. The van der Waals surface area contributed by atoms with Gasteiger partial charge in [0.15, 0.2) is 6.10 Å². The Bertz CT molecular complexity index is 672. The van der Waals surface area contributed by atoms with E-state index in [1.54, 1.807) is 0 Å². The molecule has 0 aromatic carbocycles. The zero-order chi connectivity index (χ0) is 26.5. The number of carbonyl (C=O) groups is 2. The number of allylic oxidation sites excluding steroid dienone is 10. The van der Waals surface area contributed by atoms with Crippen LogP contribution in [0.1, 0.15) is 104 Å². The summed E-state index contributed by atoms with van der Waals surface area (Å²) in [6.45, 7) is 3.78. The molecule has 0 aliphatic heterocycles. The first-order chi connectivity index (χ1) is 17.6. The van der Waals surface area contributed by atoms with Crippen molar-refractivity contribution in [3.63, 3.8) is 0 Å². The molecule has 0 radical (unpaired) electrons. The van der Waals surface area contributed by atoms with Crippen molar-refractivity contribution in [2.24, 2.45) is 0 Å². The van der Waals surface area contributed by atoms with Crippen molar-refractivity contribution in [1.29, 1.82) is 0 Å². The fourth-order valence-electron chi connectivity index (χ4n) is 3.29. The zero-order valence-electron chi connectivity index (χ0n) is 22.7. The Morgan fingerprint density at radius 2 is 1.25 bits per heavy atom. The van der Waals surface area contributed by atoms with Gasteiger partial charge in [0.25, 0.3) is 0 Å². The van der Waals surface area contributed by atoms with E-state index >= 15 is 0 Å². The highest BCUT2D eigenvalue weighted by Gasteiger charge is 2.15. The van der Waals surface area contributed by atoms with Gasteiger partial charge in [0.2, 0.25) is 0 Å².